The van der Waals surface area contributed by atoms with Crippen molar-refractivity contribution in [1.82, 2.24) is 10.3 Å². The average Bonchev–Trinajstić information content (AvgIpc) is 3.07. The molecule has 0 spiro atoms. The topological polar surface area (TPSA) is 54.0 Å². The van der Waals surface area contributed by atoms with E-state index in [-0.39, 0.29) is 5.91 Å². The lowest BCUT2D eigenvalue weighted by Crippen LogP contribution is -2.29. The number of nitrogens with one attached hydrogen (secondary N) is 2. The molecule has 1 amide bonds. The maximum atomic E-state index is 11.6. The fraction of sp³-hybridized carbons (Fsp3) is 0.500. The molecule has 5 heteroatoms. The van der Waals surface area contributed by atoms with Crippen LogP contribution in [0.1, 0.15) is 18.4 Å². The van der Waals surface area contributed by atoms with Crippen molar-refractivity contribution in [2.75, 3.05) is 18.4 Å². The number of halogens is 1. The molecule has 0 atom stereocenters. The van der Waals surface area contributed by atoms with E-state index in [1.54, 1.807) is 6.20 Å². The van der Waals surface area contributed by atoms with Crippen molar-refractivity contribution in [2.45, 2.75) is 19.8 Å². The Balaban J connectivity index is 1.77. The lowest BCUT2D eigenvalue weighted by atomic mass is 10.3. The van der Waals surface area contributed by atoms with Gasteiger partial charge in [-0.15, -0.1) is 0 Å². The van der Waals surface area contributed by atoms with Crippen molar-refractivity contribution >= 4 is 27.7 Å². The second kappa shape index (κ2) is 5.60. The van der Waals surface area contributed by atoms with Gasteiger partial charge in [-0.2, -0.15) is 0 Å². The van der Waals surface area contributed by atoms with Gasteiger partial charge >= 0.3 is 0 Å². The van der Waals surface area contributed by atoms with Gasteiger partial charge in [-0.25, -0.2) is 4.98 Å². The van der Waals surface area contributed by atoms with Gasteiger partial charge in [0.05, 0.1) is 6.54 Å². The van der Waals surface area contributed by atoms with Gasteiger partial charge in [-0.05, 0) is 59.8 Å². The Labute approximate surface area is 109 Å². The number of pyridine rings is 1. The fourth-order valence-corrected chi connectivity index (χ4v) is 1.72. The van der Waals surface area contributed by atoms with Gasteiger partial charge in [0, 0.05) is 10.7 Å². The van der Waals surface area contributed by atoms with E-state index in [1.807, 2.05) is 13.0 Å². The maximum absolute atomic E-state index is 11.6. The SMILES string of the molecule is Cc1cc(NC(=O)CNCC2CC2)ncc1Br. The van der Waals surface area contributed by atoms with Crippen molar-refractivity contribution in [1.29, 1.82) is 0 Å². The molecule has 92 valence electrons. The number of hydrogen-bond acceptors (Lipinski definition) is 3. The van der Waals surface area contributed by atoms with Crippen LogP contribution in [-0.4, -0.2) is 24.0 Å². The van der Waals surface area contributed by atoms with Crippen LogP contribution in [0.15, 0.2) is 16.7 Å². The van der Waals surface area contributed by atoms with Crippen LogP contribution < -0.4 is 10.6 Å². The van der Waals surface area contributed by atoms with Crippen molar-refractivity contribution in [3.63, 3.8) is 0 Å². The Hall–Kier alpha value is -0.940. The van der Waals surface area contributed by atoms with Gasteiger partial charge in [-0.3, -0.25) is 4.79 Å². The number of rotatable bonds is 5. The van der Waals surface area contributed by atoms with Crippen molar-refractivity contribution in [2.24, 2.45) is 5.92 Å². The van der Waals surface area contributed by atoms with Crippen molar-refractivity contribution in [3.8, 4) is 0 Å². The average molecular weight is 298 g/mol. The zero-order chi connectivity index (χ0) is 12.3. The summed E-state index contributed by atoms with van der Waals surface area (Å²) in [6.45, 7) is 3.26. The summed E-state index contributed by atoms with van der Waals surface area (Å²) >= 11 is 3.37. The van der Waals surface area contributed by atoms with Gasteiger partial charge in [0.15, 0.2) is 0 Å². The lowest BCUT2D eigenvalue weighted by molar-refractivity contribution is -0.115. The molecular weight excluding hydrogens is 282 g/mol. The summed E-state index contributed by atoms with van der Waals surface area (Å²) in [5, 5.41) is 5.91. The molecule has 1 aliphatic rings. The molecule has 0 bridgehead atoms. The molecule has 1 saturated carbocycles. The van der Waals surface area contributed by atoms with E-state index in [4.69, 9.17) is 0 Å². The minimum Gasteiger partial charge on any atom is -0.310 e. The largest absolute Gasteiger partial charge is 0.310 e. The number of hydrogen-bond donors (Lipinski definition) is 2. The van der Waals surface area contributed by atoms with Gasteiger partial charge < -0.3 is 10.6 Å². The van der Waals surface area contributed by atoms with Crippen LogP contribution >= 0.6 is 15.9 Å². The number of anilines is 1. The summed E-state index contributed by atoms with van der Waals surface area (Å²) in [6, 6.07) is 1.85. The highest BCUT2D eigenvalue weighted by molar-refractivity contribution is 9.10. The van der Waals surface area contributed by atoms with E-state index in [1.165, 1.54) is 12.8 Å². The molecule has 0 saturated heterocycles. The van der Waals surface area contributed by atoms with Crippen molar-refractivity contribution < 1.29 is 4.79 Å². The van der Waals surface area contributed by atoms with Crippen LogP contribution in [0.25, 0.3) is 0 Å². The summed E-state index contributed by atoms with van der Waals surface area (Å²) < 4.78 is 0.947. The third kappa shape index (κ3) is 4.09. The molecule has 0 unspecified atom stereocenters. The summed E-state index contributed by atoms with van der Waals surface area (Å²) in [6.07, 6.45) is 4.28. The number of carbonyl (C=O) groups is 1. The zero-order valence-electron chi connectivity index (χ0n) is 9.79. The zero-order valence-corrected chi connectivity index (χ0v) is 11.4. The number of carbonyl (C=O) groups excluding carboxylic acids is 1. The molecule has 0 radical (unpaired) electrons. The predicted molar refractivity (Wildman–Crippen MR) is 70.9 cm³/mol. The smallest absolute Gasteiger partial charge is 0.239 e. The highest BCUT2D eigenvalue weighted by atomic mass is 79.9. The minimum atomic E-state index is -0.0418. The van der Waals surface area contributed by atoms with E-state index in [0.29, 0.717) is 12.4 Å². The molecule has 17 heavy (non-hydrogen) atoms. The van der Waals surface area contributed by atoms with Crippen LogP contribution in [-0.2, 0) is 4.79 Å². The second-order valence-corrected chi connectivity index (χ2v) is 5.30. The molecule has 1 aliphatic carbocycles. The van der Waals surface area contributed by atoms with E-state index < -0.39 is 0 Å². The first kappa shape index (κ1) is 12.5. The molecular formula is C12H16BrN3O. The third-order valence-electron chi connectivity index (χ3n) is 2.73. The van der Waals surface area contributed by atoms with Crippen LogP contribution in [0.4, 0.5) is 5.82 Å². The molecule has 2 N–H and O–H groups in total. The molecule has 1 aromatic heterocycles. The van der Waals surface area contributed by atoms with Crippen LogP contribution in [0.3, 0.4) is 0 Å². The normalized spacial score (nSPS) is 14.7. The molecule has 4 nitrogen and oxygen atoms in total. The van der Waals surface area contributed by atoms with Crippen LogP contribution in [0.2, 0.25) is 0 Å². The number of amides is 1. The van der Waals surface area contributed by atoms with E-state index in [9.17, 15) is 4.79 Å². The summed E-state index contributed by atoms with van der Waals surface area (Å²) in [5.74, 6) is 1.35. The highest BCUT2D eigenvalue weighted by Gasteiger charge is 2.20. The highest BCUT2D eigenvalue weighted by Crippen LogP contribution is 2.27. The van der Waals surface area contributed by atoms with E-state index in [0.717, 1.165) is 22.5 Å². The number of nitrogens with zero attached hydrogens (tertiary/aromatic N) is 1. The second-order valence-electron chi connectivity index (χ2n) is 4.44. The number of aromatic nitrogens is 1. The first-order valence-electron chi connectivity index (χ1n) is 5.78. The molecule has 2 rings (SSSR count). The molecule has 0 aromatic carbocycles. The summed E-state index contributed by atoms with van der Waals surface area (Å²) in [5.41, 5.74) is 1.06. The summed E-state index contributed by atoms with van der Waals surface area (Å²) in [7, 11) is 0. The Kier molecular flexibility index (Phi) is 4.12. The first-order chi connectivity index (χ1) is 8.15. The molecule has 1 fully saturated rings. The van der Waals surface area contributed by atoms with Gasteiger partial charge in [0.2, 0.25) is 5.91 Å². The van der Waals surface area contributed by atoms with Gasteiger partial charge in [0.25, 0.3) is 0 Å². The van der Waals surface area contributed by atoms with Crippen molar-refractivity contribution in [3.05, 3.63) is 22.3 Å². The molecule has 1 heterocycles. The Morgan fingerprint density at radius 3 is 3.00 bits per heavy atom. The lowest BCUT2D eigenvalue weighted by Gasteiger charge is -2.06. The first-order valence-corrected chi connectivity index (χ1v) is 6.57. The molecule has 0 aliphatic heterocycles. The Morgan fingerprint density at radius 1 is 1.59 bits per heavy atom. The minimum absolute atomic E-state index is 0.0418. The predicted octanol–water partition coefficient (Wildman–Crippen LogP) is 2.09. The number of aryl methyl sites for hydroxylation is 1. The fourth-order valence-electron chi connectivity index (χ4n) is 1.51. The molecule has 1 aromatic rings. The van der Waals surface area contributed by atoms with Crippen LogP contribution in [0, 0.1) is 12.8 Å². The Bertz CT molecular complexity index is 418. The standard InChI is InChI=1S/C12H16BrN3O/c1-8-4-11(15-6-10(8)13)16-12(17)7-14-5-9-2-3-9/h4,6,9,14H,2-3,5,7H2,1H3,(H,15,16,17). The van der Waals surface area contributed by atoms with Crippen LogP contribution in [0.5, 0.6) is 0 Å². The van der Waals surface area contributed by atoms with Gasteiger partial charge in [-0.1, -0.05) is 0 Å². The maximum Gasteiger partial charge on any atom is 0.239 e. The quantitative estimate of drug-likeness (QED) is 0.875. The van der Waals surface area contributed by atoms with Gasteiger partial charge in [0.1, 0.15) is 5.82 Å². The van der Waals surface area contributed by atoms with E-state index in [2.05, 4.69) is 31.5 Å². The Morgan fingerprint density at radius 2 is 2.35 bits per heavy atom. The van der Waals surface area contributed by atoms with E-state index >= 15 is 0 Å². The third-order valence-corrected chi connectivity index (χ3v) is 3.56. The monoisotopic (exact) mass is 297 g/mol. The summed E-state index contributed by atoms with van der Waals surface area (Å²) in [4.78, 5) is 15.7.